The highest BCUT2D eigenvalue weighted by molar-refractivity contribution is 5.81. The summed E-state index contributed by atoms with van der Waals surface area (Å²) in [6.45, 7) is 8.21. The van der Waals surface area contributed by atoms with Gasteiger partial charge in [-0.2, -0.15) is 0 Å². The Kier molecular flexibility index (Phi) is 3.93. The largest absolute Gasteiger partial charge is 0.351 e. The van der Waals surface area contributed by atoms with Gasteiger partial charge in [0.1, 0.15) is 5.82 Å². The molecule has 2 rings (SSSR count). The molecule has 1 amide bonds. The number of aromatic nitrogens is 2. The number of hydrogen-bond acceptors (Lipinski definition) is 2. The fourth-order valence-corrected chi connectivity index (χ4v) is 1.97. The van der Waals surface area contributed by atoms with Crippen LogP contribution in [-0.2, 0) is 11.3 Å². The highest BCUT2D eigenvalue weighted by Gasteiger charge is 2.20. The molecule has 0 saturated carbocycles. The second kappa shape index (κ2) is 5.49. The Morgan fingerprint density at radius 2 is 2.00 bits per heavy atom. The van der Waals surface area contributed by atoms with Crippen molar-refractivity contribution >= 4 is 5.91 Å². The Labute approximate surface area is 119 Å². The van der Waals surface area contributed by atoms with Crippen LogP contribution in [0.15, 0.2) is 36.7 Å². The first-order valence-electron chi connectivity index (χ1n) is 6.76. The Morgan fingerprint density at radius 3 is 2.60 bits per heavy atom. The molecule has 0 bridgehead atoms. The van der Waals surface area contributed by atoms with Gasteiger partial charge >= 0.3 is 0 Å². The Hall–Kier alpha value is -2.10. The van der Waals surface area contributed by atoms with Crippen molar-refractivity contribution in [2.75, 3.05) is 0 Å². The summed E-state index contributed by atoms with van der Waals surface area (Å²) in [5.41, 5.74) is 1.75. The summed E-state index contributed by atoms with van der Waals surface area (Å²) in [5.74, 6) is 0.981. The molecular weight excluding hydrogens is 250 g/mol. The van der Waals surface area contributed by atoms with E-state index in [4.69, 9.17) is 0 Å². The third-order valence-corrected chi connectivity index (χ3v) is 3.20. The van der Waals surface area contributed by atoms with E-state index in [9.17, 15) is 4.79 Å². The molecule has 0 saturated heterocycles. The minimum Gasteiger partial charge on any atom is -0.351 e. The molecule has 0 aliphatic carbocycles. The monoisotopic (exact) mass is 271 g/mol. The molecule has 0 atom stereocenters. The number of rotatable bonds is 3. The highest BCUT2D eigenvalue weighted by atomic mass is 16.2. The van der Waals surface area contributed by atoms with Gasteiger partial charge in [0.15, 0.2) is 0 Å². The van der Waals surface area contributed by atoms with Gasteiger partial charge in [0.25, 0.3) is 0 Å². The minimum absolute atomic E-state index is 0.0506. The summed E-state index contributed by atoms with van der Waals surface area (Å²) in [6, 6.07) is 8.03. The topological polar surface area (TPSA) is 46.9 Å². The minimum atomic E-state index is -0.375. The van der Waals surface area contributed by atoms with Crippen molar-refractivity contribution in [1.82, 2.24) is 14.9 Å². The second-order valence-electron chi connectivity index (χ2n) is 5.91. The molecule has 0 spiro atoms. The van der Waals surface area contributed by atoms with Gasteiger partial charge in [-0.1, -0.05) is 39.0 Å². The number of aryl methyl sites for hydroxylation is 1. The van der Waals surface area contributed by atoms with Crippen LogP contribution >= 0.6 is 0 Å². The van der Waals surface area contributed by atoms with E-state index in [1.807, 2.05) is 62.7 Å². The first kappa shape index (κ1) is 14.3. The summed E-state index contributed by atoms with van der Waals surface area (Å²) in [7, 11) is 0. The van der Waals surface area contributed by atoms with Crippen LogP contribution in [0.3, 0.4) is 0 Å². The van der Waals surface area contributed by atoms with Gasteiger partial charge in [-0.05, 0) is 18.6 Å². The molecule has 2 aromatic rings. The SMILES string of the molecule is Cc1nccn1-c1ccccc1CNC(=O)C(C)(C)C. The lowest BCUT2D eigenvalue weighted by Crippen LogP contribution is -2.34. The van der Waals surface area contributed by atoms with E-state index in [1.165, 1.54) is 0 Å². The zero-order chi connectivity index (χ0) is 14.8. The lowest BCUT2D eigenvalue weighted by Gasteiger charge is -2.19. The molecule has 1 aromatic carbocycles. The lowest BCUT2D eigenvalue weighted by atomic mass is 9.95. The number of nitrogens with zero attached hydrogens (tertiary/aromatic N) is 2. The maximum atomic E-state index is 12.0. The highest BCUT2D eigenvalue weighted by Crippen LogP contribution is 2.17. The quantitative estimate of drug-likeness (QED) is 0.933. The second-order valence-corrected chi connectivity index (χ2v) is 5.91. The molecule has 0 fully saturated rings. The number of carbonyl (C=O) groups is 1. The number of carbonyl (C=O) groups excluding carboxylic acids is 1. The predicted octanol–water partition coefficient (Wildman–Crippen LogP) is 2.84. The maximum absolute atomic E-state index is 12.0. The van der Waals surface area contributed by atoms with Crippen molar-refractivity contribution in [3.05, 3.63) is 48.0 Å². The number of amides is 1. The number of hydrogen-bond donors (Lipinski definition) is 1. The van der Waals surface area contributed by atoms with E-state index in [1.54, 1.807) is 6.20 Å². The van der Waals surface area contributed by atoms with Crippen molar-refractivity contribution in [3.63, 3.8) is 0 Å². The van der Waals surface area contributed by atoms with Gasteiger partial charge < -0.3 is 9.88 Å². The first-order valence-corrected chi connectivity index (χ1v) is 6.76. The van der Waals surface area contributed by atoms with Gasteiger partial charge in [-0.25, -0.2) is 4.98 Å². The normalized spacial score (nSPS) is 11.4. The molecule has 0 aliphatic rings. The molecule has 1 aromatic heterocycles. The summed E-state index contributed by atoms with van der Waals surface area (Å²) in [4.78, 5) is 16.2. The molecule has 0 unspecified atom stereocenters. The Bertz CT molecular complexity index is 608. The van der Waals surface area contributed by atoms with Crippen LogP contribution in [0.2, 0.25) is 0 Å². The third-order valence-electron chi connectivity index (χ3n) is 3.20. The van der Waals surface area contributed by atoms with Crippen LogP contribution in [0.5, 0.6) is 0 Å². The molecule has 20 heavy (non-hydrogen) atoms. The average Bonchev–Trinajstić information content (AvgIpc) is 2.81. The van der Waals surface area contributed by atoms with Crippen LogP contribution in [0, 0.1) is 12.3 Å². The summed E-state index contributed by atoms with van der Waals surface area (Å²) < 4.78 is 2.03. The van der Waals surface area contributed by atoms with Crippen LogP contribution in [-0.4, -0.2) is 15.5 Å². The lowest BCUT2D eigenvalue weighted by molar-refractivity contribution is -0.128. The van der Waals surface area contributed by atoms with Crippen molar-refractivity contribution < 1.29 is 4.79 Å². The number of nitrogens with one attached hydrogen (secondary N) is 1. The fraction of sp³-hybridized carbons (Fsp3) is 0.375. The zero-order valence-corrected chi connectivity index (χ0v) is 12.5. The van der Waals surface area contributed by atoms with Gasteiger partial charge in [0.2, 0.25) is 5.91 Å². The summed E-state index contributed by atoms with van der Waals surface area (Å²) >= 11 is 0. The predicted molar refractivity (Wildman–Crippen MR) is 79.6 cm³/mol. The average molecular weight is 271 g/mol. The smallest absolute Gasteiger partial charge is 0.225 e. The van der Waals surface area contributed by atoms with E-state index in [0.717, 1.165) is 17.1 Å². The summed E-state index contributed by atoms with van der Waals surface area (Å²) in [6.07, 6.45) is 3.71. The van der Waals surface area contributed by atoms with Crippen molar-refractivity contribution in [3.8, 4) is 5.69 Å². The molecule has 0 aliphatic heterocycles. The molecule has 106 valence electrons. The molecule has 1 N–H and O–H groups in total. The van der Waals surface area contributed by atoms with Crippen molar-refractivity contribution in [2.24, 2.45) is 5.41 Å². The Balaban J connectivity index is 2.22. The number of imidazole rings is 1. The zero-order valence-electron chi connectivity index (χ0n) is 12.5. The van der Waals surface area contributed by atoms with Gasteiger partial charge in [-0.3, -0.25) is 4.79 Å². The maximum Gasteiger partial charge on any atom is 0.225 e. The first-order chi connectivity index (χ1) is 9.39. The van der Waals surface area contributed by atoms with Gasteiger partial charge in [0, 0.05) is 24.4 Å². The van der Waals surface area contributed by atoms with Crippen molar-refractivity contribution in [2.45, 2.75) is 34.2 Å². The Morgan fingerprint density at radius 1 is 1.30 bits per heavy atom. The molecular formula is C16H21N3O. The van der Waals surface area contributed by atoms with E-state index in [0.29, 0.717) is 6.54 Å². The van der Waals surface area contributed by atoms with E-state index < -0.39 is 0 Å². The summed E-state index contributed by atoms with van der Waals surface area (Å²) in [5, 5.41) is 2.99. The van der Waals surface area contributed by atoms with Crippen LogP contribution in [0.1, 0.15) is 32.2 Å². The molecule has 0 radical (unpaired) electrons. The molecule has 4 heteroatoms. The van der Waals surface area contributed by atoms with E-state index >= 15 is 0 Å². The van der Waals surface area contributed by atoms with Gasteiger partial charge in [-0.15, -0.1) is 0 Å². The van der Waals surface area contributed by atoms with Crippen molar-refractivity contribution in [1.29, 1.82) is 0 Å². The van der Waals surface area contributed by atoms with Crippen LogP contribution in [0.4, 0.5) is 0 Å². The number of para-hydroxylation sites is 1. The van der Waals surface area contributed by atoms with Gasteiger partial charge in [0.05, 0.1) is 5.69 Å². The van der Waals surface area contributed by atoms with Crippen LogP contribution < -0.4 is 5.32 Å². The number of benzene rings is 1. The fourth-order valence-electron chi connectivity index (χ4n) is 1.97. The third kappa shape index (κ3) is 3.07. The molecule has 1 heterocycles. The molecule has 4 nitrogen and oxygen atoms in total. The standard InChI is InChI=1S/C16H21N3O/c1-12-17-9-10-19(12)14-8-6-5-7-13(14)11-18-15(20)16(2,3)4/h5-10H,11H2,1-4H3,(H,18,20). The van der Waals surface area contributed by atoms with Crippen LogP contribution in [0.25, 0.3) is 5.69 Å². The van der Waals surface area contributed by atoms with E-state index in [-0.39, 0.29) is 11.3 Å². The van der Waals surface area contributed by atoms with E-state index in [2.05, 4.69) is 10.3 Å².